The molecule has 0 bridgehead atoms. The van der Waals surface area contributed by atoms with Gasteiger partial charge in [0, 0.05) is 58.1 Å². The Morgan fingerprint density at radius 2 is 1.97 bits per heavy atom. The zero-order valence-electron chi connectivity index (χ0n) is 17.4. The normalized spacial score (nSPS) is 15.5. The molecule has 0 radical (unpaired) electrons. The molecule has 1 aromatic heterocycles. The third kappa shape index (κ3) is 7.71. The summed E-state index contributed by atoms with van der Waals surface area (Å²) in [6.45, 7) is 8.17. The van der Waals surface area contributed by atoms with E-state index in [1.807, 2.05) is 7.05 Å². The Balaban J connectivity index is 0.00000300. The molecule has 1 fully saturated rings. The van der Waals surface area contributed by atoms with Crippen molar-refractivity contribution >= 4 is 47.3 Å². The van der Waals surface area contributed by atoms with Crippen LogP contribution in [0, 0.1) is 0 Å². The van der Waals surface area contributed by atoms with Gasteiger partial charge in [0.1, 0.15) is 0 Å². The first kappa shape index (κ1) is 23.8. The first-order valence-electron chi connectivity index (χ1n) is 10.1. The van der Waals surface area contributed by atoms with Gasteiger partial charge in [-0.1, -0.05) is 49.4 Å². The highest BCUT2D eigenvalue weighted by atomic mass is 127. The maximum atomic E-state index is 4.64. The molecular weight excluding hydrogens is 493 g/mol. The lowest BCUT2D eigenvalue weighted by Gasteiger charge is -2.36. The zero-order valence-corrected chi connectivity index (χ0v) is 20.5. The van der Waals surface area contributed by atoms with Gasteiger partial charge < -0.3 is 10.2 Å². The molecule has 158 valence electrons. The topological polar surface area (TPSA) is 43.8 Å². The summed E-state index contributed by atoms with van der Waals surface area (Å²) < 4.78 is 0. The number of hydrogen-bond acceptors (Lipinski definition) is 4. The van der Waals surface area contributed by atoms with Crippen LogP contribution in [0.25, 0.3) is 6.08 Å². The largest absolute Gasteiger partial charge is 0.356 e. The molecule has 0 unspecified atom stereocenters. The fourth-order valence-electron chi connectivity index (χ4n) is 3.31. The maximum Gasteiger partial charge on any atom is 0.193 e. The van der Waals surface area contributed by atoms with Crippen molar-refractivity contribution in [1.82, 2.24) is 20.1 Å². The molecule has 29 heavy (non-hydrogen) atoms. The second-order valence-electron chi connectivity index (χ2n) is 6.91. The van der Waals surface area contributed by atoms with Gasteiger partial charge in [-0.05, 0) is 12.0 Å². The molecule has 0 saturated carbocycles. The highest BCUT2D eigenvalue weighted by Crippen LogP contribution is 2.10. The highest BCUT2D eigenvalue weighted by molar-refractivity contribution is 14.0. The maximum absolute atomic E-state index is 4.64. The van der Waals surface area contributed by atoms with Crippen LogP contribution in [-0.2, 0) is 12.8 Å². The summed E-state index contributed by atoms with van der Waals surface area (Å²) in [5.74, 6) is 1.01. The van der Waals surface area contributed by atoms with Gasteiger partial charge in [-0.15, -0.1) is 35.3 Å². The lowest BCUT2D eigenvalue weighted by molar-refractivity contribution is 0.194. The number of rotatable bonds is 7. The smallest absolute Gasteiger partial charge is 0.193 e. The van der Waals surface area contributed by atoms with Gasteiger partial charge in [0.05, 0.1) is 10.7 Å². The number of aromatic nitrogens is 1. The predicted molar refractivity (Wildman–Crippen MR) is 135 cm³/mol. The molecule has 1 N–H and O–H groups in total. The zero-order chi connectivity index (χ0) is 19.6. The number of thiazole rings is 1. The minimum Gasteiger partial charge on any atom is -0.356 e. The molecular formula is C22H32IN5S. The lowest BCUT2D eigenvalue weighted by atomic mass is 10.2. The van der Waals surface area contributed by atoms with Crippen LogP contribution in [0.15, 0.2) is 46.8 Å². The Bertz CT molecular complexity index is 767. The second kappa shape index (κ2) is 13.0. The number of halogens is 1. The Morgan fingerprint density at radius 1 is 1.21 bits per heavy atom. The van der Waals surface area contributed by atoms with Gasteiger partial charge in [-0.3, -0.25) is 9.89 Å². The first-order valence-corrected chi connectivity index (χ1v) is 11.0. The van der Waals surface area contributed by atoms with E-state index in [4.69, 9.17) is 0 Å². The summed E-state index contributed by atoms with van der Waals surface area (Å²) >= 11 is 1.76. The van der Waals surface area contributed by atoms with E-state index in [9.17, 15) is 0 Å². The number of benzene rings is 1. The number of nitrogens with one attached hydrogen (secondary N) is 1. The number of aryl methyl sites for hydroxylation is 1. The van der Waals surface area contributed by atoms with E-state index in [2.05, 4.69) is 79.9 Å². The number of hydrogen-bond donors (Lipinski definition) is 1. The molecule has 2 heterocycles. The van der Waals surface area contributed by atoms with E-state index < -0.39 is 0 Å². The summed E-state index contributed by atoms with van der Waals surface area (Å²) in [7, 11) is 1.87. The Hall–Kier alpha value is -1.45. The summed E-state index contributed by atoms with van der Waals surface area (Å²) in [5.41, 5.74) is 2.44. The molecule has 1 saturated heterocycles. The van der Waals surface area contributed by atoms with Crippen molar-refractivity contribution in [2.24, 2.45) is 4.99 Å². The van der Waals surface area contributed by atoms with Gasteiger partial charge in [0.15, 0.2) is 5.96 Å². The van der Waals surface area contributed by atoms with E-state index in [0.717, 1.165) is 58.1 Å². The van der Waals surface area contributed by atoms with Crippen molar-refractivity contribution in [2.45, 2.75) is 19.8 Å². The number of guanidine groups is 1. The van der Waals surface area contributed by atoms with Crippen molar-refractivity contribution < 1.29 is 0 Å². The van der Waals surface area contributed by atoms with E-state index in [-0.39, 0.29) is 24.0 Å². The third-order valence-corrected chi connectivity index (χ3v) is 5.97. The summed E-state index contributed by atoms with van der Waals surface area (Å²) in [6, 6.07) is 10.5. The van der Waals surface area contributed by atoms with Crippen LogP contribution in [0.2, 0.25) is 0 Å². The van der Waals surface area contributed by atoms with Crippen molar-refractivity contribution in [1.29, 1.82) is 0 Å². The molecule has 0 aliphatic carbocycles. The van der Waals surface area contributed by atoms with Crippen molar-refractivity contribution in [2.75, 3.05) is 46.3 Å². The highest BCUT2D eigenvalue weighted by Gasteiger charge is 2.18. The van der Waals surface area contributed by atoms with Crippen LogP contribution in [0.5, 0.6) is 0 Å². The van der Waals surface area contributed by atoms with E-state index in [0.29, 0.717) is 0 Å². The van der Waals surface area contributed by atoms with Gasteiger partial charge in [0.25, 0.3) is 0 Å². The van der Waals surface area contributed by atoms with Crippen molar-refractivity contribution in [3.63, 3.8) is 0 Å². The lowest BCUT2D eigenvalue weighted by Crippen LogP contribution is -2.52. The molecule has 1 aliphatic rings. The van der Waals surface area contributed by atoms with Crippen LogP contribution in [0.4, 0.5) is 0 Å². The van der Waals surface area contributed by atoms with Crippen molar-refractivity contribution in [3.8, 4) is 0 Å². The fraction of sp³-hybridized carbons (Fsp3) is 0.455. The first-order chi connectivity index (χ1) is 13.8. The summed E-state index contributed by atoms with van der Waals surface area (Å²) in [4.78, 5) is 14.0. The molecule has 1 aliphatic heterocycles. The Kier molecular flexibility index (Phi) is 10.7. The molecule has 3 rings (SSSR count). The number of piperazine rings is 1. The molecule has 0 amide bonds. The average Bonchev–Trinajstić information content (AvgIpc) is 3.21. The van der Waals surface area contributed by atoms with E-state index in [1.165, 1.54) is 16.3 Å². The van der Waals surface area contributed by atoms with Crippen LogP contribution in [0.1, 0.15) is 23.2 Å². The van der Waals surface area contributed by atoms with Gasteiger partial charge in [0.2, 0.25) is 0 Å². The number of aliphatic imine (C=N–C) groups is 1. The van der Waals surface area contributed by atoms with Gasteiger partial charge >= 0.3 is 0 Å². The van der Waals surface area contributed by atoms with E-state index in [1.54, 1.807) is 11.3 Å². The summed E-state index contributed by atoms with van der Waals surface area (Å²) in [6.07, 6.45) is 6.43. The molecule has 2 aromatic rings. The fourth-order valence-corrected chi connectivity index (χ4v) is 4.08. The van der Waals surface area contributed by atoms with Crippen LogP contribution >= 0.6 is 35.3 Å². The third-order valence-electron chi connectivity index (χ3n) is 4.92. The summed E-state index contributed by atoms with van der Waals surface area (Å²) in [5, 5.41) is 6.89. The van der Waals surface area contributed by atoms with Crippen molar-refractivity contribution in [3.05, 3.63) is 58.1 Å². The SMILES string of the molecule is CCc1nc(CCNC(=NC)N2CCN(C/C=C/c3ccccc3)CC2)cs1.I. The quantitative estimate of drug-likeness (QED) is 0.340. The standard InChI is InChI=1S/C22H31N5S.HI/c1-3-21-25-20(18-28-21)11-12-24-22(23-2)27-16-14-26(15-17-27)13-7-10-19-8-5-4-6-9-19;/h4-10,18H,3,11-17H2,1-2H3,(H,23,24);1H/b10-7+;. The van der Waals surface area contributed by atoms with Gasteiger partial charge in [-0.2, -0.15) is 0 Å². The average molecular weight is 526 g/mol. The minimum atomic E-state index is 0. The van der Waals surface area contributed by atoms with Gasteiger partial charge in [-0.25, -0.2) is 4.98 Å². The predicted octanol–water partition coefficient (Wildman–Crippen LogP) is 3.77. The molecule has 5 nitrogen and oxygen atoms in total. The molecule has 0 spiro atoms. The second-order valence-corrected chi connectivity index (χ2v) is 7.85. The van der Waals surface area contributed by atoms with E-state index >= 15 is 0 Å². The molecule has 0 atom stereocenters. The monoisotopic (exact) mass is 525 g/mol. The molecule has 7 heteroatoms. The minimum absolute atomic E-state index is 0. The Morgan fingerprint density at radius 3 is 2.62 bits per heavy atom. The van der Waals surface area contributed by atoms with Crippen LogP contribution < -0.4 is 5.32 Å². The Labute approximate surface area is 196 Å². The number of nitrogens with zero attached hydrogens (tertiary/aromatic N) is 4. The molecule has 1 aromatic carbocycles. The van der Waals surface area contributed by atoms with Crippen LogP contribution in [0.3, 0.4) is 0 Å². The van der Waals surface area contributed by atoms with Crippen LogP contribution in [-0.4, -0.2) is 67.1 Å².